The Balaban J connectivity index is 1.34. The van der Waals surface area contributed by atoms with Crippen molar-refractivity contribution in [2.45, 2.75) is 52.2 Å². The third-order valence-corrected chi connectivity index (χ3v) is 5.50. The molecule has 2 atom stereocenters. The number of rotatable bonds is 5. The summed E-state index contributed by atoms with van der Waals surface area (Å²) in [5.41, 5.74) is 3.64. The molecule has 1 aliphatic rings. The van der Waals surface area contributed by atoms with E-state index in [9.17, 15) is 4.79 Å². The molecule has 1 fully saturated rings. The van der Waals surface area contributed by atoms with Gasteiger partial charge in [-0.3, -0.25) is 4.79 Å². The third-order valence-electron chi connectivity index (χ3n) is 5.50. The van der Waals surface area contributed by atoms with Crippen molar-refractivity contribution in [3.05, 3.63) is 65.6 Å². The van der Waals surface area contributed by atoms with Crippen LogP contribution in [0.1, 0.15) is 54.2 Å². The molecule has 1 amide bonds. The maximum Gasteiger partial charge on any atom is 0.251 e. The number of carbonyl (C=O) groups is 1. The standard InChI is InChI=1S/C23H27N3O2/c1-16-5-3-7-19(13-16)25-23(27)18-8-10-21(11-9-18)28-15-20-14-26-12-4-6-17(2)22(26)24-20/h4,6,8-12,14,16,19H,3,5,7,13,15H2,1-2H3,(H,25,27). The number of hydrogen-bond donors (Lipinski definition) is 1. The van der Waals surface area contributed by atoms with Gasteiger partial charge in [-0.2, -0.15) is 0 Å². The quantitative estimate of drug-likeness (QED) is 0.711. The number of carbonyl (C=O) groups excluding carboxylic acids is 1. The highest BCUT2D eigenvalue weighted by molar-refractivity contribution is 5.94. The monoisotopic (exact) mass is 377 g/mol. The average Bonchev–Trinajstić information content (AvgIpc) is 3.11. The number of ether oxygens (including phenoxy) is 1. The van der Waals surface area contributed by atoms with Crippen LogP contribution in [-0.2, 0) is 6.61 Å². The summed E-state index contributed by atoms with van der Waals surface area (Å²) in [5, 5.41) is 3.17. The molecule has 146 valence electrons. The zero-order valence-electron chi connectivity index (χ0n) is 16.5. The van der Waals surface area contributed by atoms with E-state index in [1.807, 2.05) is 60.1 Å². The second kappa shape index (κ2) is 8.05. The Kier molecular flexibility index (Phi) is 5.33. The summed E-state index contributed by atoms with van der Waals surface area (Å²) in [6.07, 6.45) is 8.58. The van der Waals surface area contributed by atoms with Gasteiger partial charge in [0.15, 0.2) is 0 Å². The lowest BCUT2D eigenvalue weighted by molar-refractivity contribution is 0.0921. The number of aromatic nitrogens is 2. The van der Waals surface area contributed by atoms with Crippen LogP contribution in [-0.4, -0.2) is 21.3 Å². The predicted molar refractivity (Wildman–Crippen MR) is 110 cm³/mol. The van der Waals surface area contributed by atoms with Gasteiger partial charge in [0, 0.05) is 24.0 Å². The van der Waals surface area contributed by atoms with E-state index in [1.165, 1.54) is 12.8 Å². The molecule has 1 N–H and O–H groups in total. The summed E-state index contributed by atoms with van der Waals surface area (Å²) >= 11 is 0. The first-order chi connectivity index (χ1) is 13.6. The van der Waals surface area contributed by atoms with Crippen LogP contribution >= 0.6 is 0 Å². The molecule has 0 radical (unpaired) electrons. The number of imidazole rings is 1. The van der Waals surface area contributed by atoms with E-state index in [0.29, 0.717) is 24.1 Å². The van der Waals surface area contributed by atoms with Crippen molar-refractivity contribution in [1.29, 1.82) is 0 Å². The molecule has 2 aromatic heterocycles. The average molecular weight is 377 g/mol. The maximum atomic E-state index is 12.5. The van der Waals surface area contributed by atoms with Crippen molar-refractivity contribution in [2.24, 2.45) is 5.92 Å². The Bertz CT molecular complexity index is 962. The molecule has 0 saturated heterocycles. The number of aryl methyl sites for hydroxylation is 1. The lowest BCUT2D eigenvalue weighted by Crippen LogP contribution is -2.37. The van der Waals surface area contributed by atoms with Crippen LogP contribution in [0.25, 0.3) is 5.65 Å². The second-order valence-electron chi connectivity index (χ2n) is 7.91. The first-order valence-corrected chi connectivity index (χ1v) is 10.1. The lowest BCUT2D eigenvalue weighted by atomic mass is 9.87. The lowest BCUT2D eigenvalue weighted by Gasteiger charge is -2.27. The van der Waals surface area contributed by atoms with Crippen LogP contribution in [0.4, 0.5) is 0 Å². The van der Waals surface area contributed by atoms with Crippen molar-refractivity contribution < 1.29 is 9.53 Å². The molecule has 0 aliphatic heterocycles. The van der Waals surface area contributed by atoms with Gasteiger partial charge in [0.1, 0.15) is 18.0 Å². The van der Waals surface area contributed by atoms with Gasteiger partial charge in [-0.15, -0.1) is 0 Å². The molecule has 3 aromatic rings. The topological polar surface area (TPSA) is 55.6 Å². The van der Waals surface area contributed by atoms with Crippen molar-refractivity contribution in [3.63, 3.8) is 0 Å². The summed E-state index contributed by atoms with van der Waals surface area (Å²) in [7, 11) is 0. The SMILES string of the molecule is Cc1cccn2cc(COc3ccc(C(=O)NC4CCCC(C)C4)cc3)nc12. The van der Waals surface area contributed by atoms with Gasteiger partial charge in [0.05, 0.1) is 5.69 Å². The van der Waals surface area contributed by atoms with Gasteiger partial charge in [0.2, 0.25) is 0 Å². The highest BCUT2D eigenvalue weighted by atomic mass is 16.5. The minimum atomic E-state index is 0.00137. The highest BCUT2D eigenvalue weighted by Crippen LogP contribution is 2.24. The fourth-order valence-corrected chi connectivity index (χ4v) is 3.97. The van der Waals surface area contributed by atoms with Gasteiger partial charge in [-0.05, 0) is 61.6 Å². The molecule has 5 nitrogen and oxygen atoms in total. The van der Waals surface area contributed by atoms with Crippen LogP contribution in [0.2, 0.25) is 0 Å². The fraction of sp³-hybridized carbons (Fsp3) is 0.391. The van der Waals surface area contributed by atoms with E-state index in [-0.39, 0.29) is 5.91 Å². The number of nitrogens with one attached hydrogen (secondary N) is 1. The maximum absolute atomic E-state index is 12.5. The summed E-state index contributed by atoms with van der Waals surface area (Å²) in [5.74, 6) is 1.43. The number of amides is 1. The van der Waals surface area contributed by atoms with Crippen LogP contribution < -0.4 is 10.1 Å². The molecular weight excluding hydrogens is 350 g/mol. The number of benzene rings is 1. The smallest absolute Gasteiger partial charge is 0.251 e. The fourth-order valence-electron chi connectivity index (χ4n) is 3.97. The Morgan fingerprint density at radius 1 is 1.25 bits per heavy atom. The van der Waals surface area contributed by atoms with Crippen molar-refractivity contribution in [3.8, 4) is 5.75 Å². The summed E-state index contributed by atoms with van der Waals surface area (Å²) in [6.45, 7) is 4.70. The van der Waals surface area contributed by atoms with Gasteiger partial charge >= 0.3 is 0 Å². The largest absolute Gasteiger partial charge is 0.487 e. The van der Waals surface area contributed by atoms with Crippen LogP contribution in [0, 0.1) is 12.8 Å². The molecule has 0 bridgehead atoms. The van der Waals surface area contributed by atoms with E-state index in [1.54, 1.807) is 0 Å². The third kappa shape index (κ3) is 4.19. The zero-order valence-corrected chi connectivity index (χ0v) is 16.5. The van der Waals surface area contributed by atoms with E-state index < -0.39 is 0 Å². The summed E-state index contributed by atoms with van der Waals surface area (Å²) in [6, 6.07) is 11.7. The van der Waals surface area contributed by atoms with Crippen LogP contribution in [0.5, 0.6) is 5.75 Å². The van der Waals surface area contributed by atoms with Crippen molar-refractivity contribution >= 4 is 11.6 Å². The highest BCUT2D eigenvalue weighted by Gasteiger charge is 2.20. The number of hydrogen-bond acceptors (Lipinski definition) is 3. The summed E-state index contributed by atoms with van der Waals surface area (Å²) < 4.78 is 7.86. The first-order valence-electron chi connectivity index (χ1n) is 10.1. The van der Waals surface area contributed by atoms with Crippen LogP contribution in [0.3, 0.4) is 0 Å². The normalized spacial score (nSPS) is 19.5. The molecular formula is C23H27N3O2. The van der Waals surface area contributed by atoms with Gasteiger partial charge < -0.3 is 14.5 Å². The van der Waals surface area contributed by atoms with Gasteiger partial charge in [-0.25, -0.2) is 4.98 Å². The minimum absolute atomic E-state index is 0.00137. The van der Waals surface area contributed by atoms with Gasteiger partial charge in [-0.1, -0.05) is 25.8 Å². The van der Waals surface area contributed by atoms with Crippen molar-refractivity contribution in [2.75, 3.05) is 0 Å². The Hall–Kier alpha value is -2.82. The second-order valence-corrected chi connectivity index (χ2v) is 7.91. The Labute approximate surface area is 165 Å². The number of nitrogens with zero attached hydrogens (tertiary/aromatic N) is 2. The molecule has 4 rings (SSSR count). The molecule has 0 spiro atoms. The zero-order chi connectivity index (χ0) is 19.5. The van der Waals surface area contributed by atoms with E-state index in [2.05, 4.69) is 17.2 Å². The van der Waals surface area contributed by atoms with E-state index >= 15 is 0 Å². The first kappa shape index (κ1) is 18.5. The Morgan fingerprint density at radius 2 is 2.07 bits per heavy atom. The molecule has 2 heterocycles. The van der Waals surface area contributed by atoms with Crippen LogP contribution in [0.15, 0.2) is 48.8 Å². The Morgan fingerprint density at radius 3 is 2.82 bits per heavy atom. The number of pyridine rings is 1. The number of fused-ring (bicyclic) bond motifs is 1. The minimum Gasteiger partial charge on any atom is -0.487 e. The molecule has 5 heteroatoms. The van der Waals surface area contributed by atoms with E-state index in [4.69, 9.17) is 4.74 Å². The molecule has 28 heavy (non-hydrogen) atoms. The summed E-state index contributed by atoms with van der Waals surface area (Å²) in [4.78, 5) is 17.1. The molecule has 1 saturated carbocycles. The predicted octanol–water partition coefficient (Wildman–Crippen LogP) is 4.53. The molecule has 1 aromatic carbocycles. The van der Waals surface area contributed by atoms with Crippen molar-refractivity contribution in [1.82, 2.24) is 14.7 Å². The van der Waals surface area contributed by atoms with Gasteiger partial charge in [0.25, 0.3) is 5.91 Å². The molecule has 1 aliphatic carbocycles. The van der Waals surface area contributed by atoms with E-state index in [0.717, 1.165) is 35.5 Å². The molecule has 2 unspecified atom stereocenters.